The van der Waals surface area contributed by atoms with Gasteiger partial charge in [-0.25, -0.2) is 4.98 Å². The Balaban J connectivity index is 1.15. The van der Waals surface area contributed by atoms with Gasteiger partial charge in [-0.05, 0) is 84.3 Å². The summed E-state index contributed by atoms with van der Waals surface area (Å²) in [6.45, 7) is 0. The predicted molar refractivity (Wildman–Crippen MR) is 219 cm³/mol. The topological polar surface area (TPSA) is 25.8 Å². The third-order valence-corrected chi connectivity index (χ3v) is 10.3. The van der Waals surface area contributed by atoms with Crippen LogP contribution in [0.15, 0.2) is 194 Å². The van der Waals surface area contributed by atoms with E-state index in [1.54, 1.807) is 0 Å². The molecule has 8 aromatic carbocycles. The van der Waals surface area contributed by atoms with Crippen LogP contribution >= 0.6 is 0 Å². The number of aromatic nitrogens is 2. The molecule has 2 heteroatoms. The fourth-order valence-corrected chi connectivity index (χ4v) is 7.87. The number of hydrogen-bond donors (Lipinski definition) is 0. The van der Waals surface area contributed by atoms with Crippen LogP contribution in [0.25, 0.3) is 99.1 Å². The van der Waals surface area contributed by atoms with Crippen molar-refractivity contribution in [1.82, 2.24) is 9.97 Å². The molecule has 0 radical (unpaired) electrons. The Hall–Kier alpha value is -6.90. The van der Waals surface area contributed by atoms with Crippen molar-refractivity contribution < 1.29 is 0 Å². The lowest BCUT2D eigenvalue weighted by molar-refractivity contribution is 1.37. The van der Waals surface area contributed by atoms with E-state index in [0.29, 0.717) is 0 Å². The smallest absolute Gasteiger partial charge is 0.0972 e. The summed E-state index contributed by atoms with van der Waals surface area (Å²) in [5.74, 6) is 0. The van der Waals surface area contributed by atoms with Gasteiger partial charge < -0.3 is 0 Å². The van der Waals surface area contributed by atoms with E-state index >= 15 is 0 Å². The van der Waals surface area contributed by atoms with Crippen molar-refractivity contribution in [2.45, 2.75) is 0 Å². The van der Waals surface area contributed by atoms with Crippen molar-refractivity contribution in [3.05, 3.63) is 194 Å². The summed E-state index contributed by atoms with van der Waals surface area (Å²) in [5, 5.41) is 7.10. The molecule has 0 N–H and O–H groups in total. The lowest BCUT2D eigenvalue weighted by atomic mass is 9.83. The minimum absolute atomic E-state index is 0.926. The van der Waals surface area contributed by atoms with E-state index in [0.717, 1.165) is 33.1 Å². The second-order valence-corrected chi connectivity index (χ2v) is 13.3. The van der Waals surface area contributed by atoms with Gasteiger partial charge >= 0.3 is 0 Å². The maximum atomic E-state index is 5.19. The van der Waals surface area contributed by atoms with Crippen LogP contribution in [0.3, 0.4) is 0 Å². The van der Waals surface area contributed by atoms with Crippen LogP contribution in [-0.2, 0) is 0 Å². The van der Waals surface area contributed by atoms with E-state index in [1.165, 1.54) is 66.1 Å². The Morgan fingerprint density at radius 2 is 0.846 bits per heavy atom. The first-order chi connectivity index (χ1) is 25.8. The van der Waals surface area contributed by atoms with E-state index in [4.69, 9.17) is 9.97 Å². The van der Waals surface area contributed by atoms with Crippen LogP contribution in [0.1, 0.15) is 0 Å². The molecule has 0 spiro atoms. The highest BCUT2D eigenvalue weighted by atomic mass is 14.7. The Morgan fingerprint density at radius 1 is 0.308 bits per heavy atom. The molecule has 0 atom stereocenters. The minimum Gasteiger partial charge on any atom is -0.254 e. The molecule has 2 nitrogen and oxygen atoms in total. The zero-order valence-electron chi connectivity index (χ0n) is 28.4. The first-order valence-electron chi connectivity index (χ1n) is 17.7. The SMILES string of the molecule is c1ccc(-c2ccc(-c3ccccc3-c3c4ccccc4c(-c4cccc(-c5ccc6ccc7cccnc7c6n5)c4)c4ccccc34)cc2)cc1. The molecule has 242 valence electrons. The molecule has 0 aliphatic heterocycles. The van der Waals surface area contributed by atoms with Gasteiger partial charge in [-0.15, -0.1) is 0 Å². The molecule has 0 unspecified atom stereocenters. The fraction of sp³-hybridized carbons (Fsp3) is 0. The Labute approximate surface area is 302 Å². The molecule has 2 heterocycles. The van der Waals surface area contributed by atoms with E-state index in [-0.39, 0.29) is 0 Å². The Bertz CT molecular complexity index is 2890. The van der Waals surface area contributed by atoms with Crippen molar-refractivity contribution in [1.29, 1.82) is 0 Å². The number of fused-ring (bicyclic) bond motifs is 5. The summed E-state index contributed by atoms with van der Waals surface area (Å²) in [6, 6.07) is 67.6. The first-order valence-corrected chi connectivity index (χ1v) is 17.7. The van der Waals surface area contributed by atoms with Crippen molar-refractivity contribution in [2.24, 2.45) is 0 Å². The van der Waals surface area contributed by atoms with E-state index in [2.05, 4.69) is 182 Å². The van der Waals surface area contributed by atoms with E-state index < -0.39 is 0 Å². The zero-order valence-corrected chi connectivity index (χ0v) is 28.4. The van der Waals surface area contributed by atoms with Gasteiger partial charge in [-0.2, -0.15) is 0 Å². The van der Waals surface area contributed by atoms with Gasteiger partial charge in [-0.1, -0.05) is 170 Å². The molecule has 2 aromatic heterocycles. The second kappa shape index (κ2) is 12.5. The highest BCUT2D eigenvalue weighted by Crippen LogP contribution is 2.46. The molecule has 10 aromatic rings. The van der Waals surface area contributed by atoms with Crippen LogP contribution in [-0.4, -0.2) is 9.97 Å². The molecule has 0 bridgehead atoms. The molecule has 0 saturated heterocycles. The van der Waals surface area contributed by atoms with Gasteiger partial charge in [0.25, 0.3) is 0 Å². The van der Waals surface area contributed by atoms with Crippen LogP contribution in [0, 0.1) is 0 Å². The van der Waals surface area contributed by atoms with Gasteiger partial charge in [0.05, 0.1) is 16.7 Å². The highest BCUT2D eigenvalue weighted by molar-refractivity contribution is 6.22. The van der Waals surface area contributed by atoms with Gasteiger partial charge in [0.2, 0.25) is 0 Å². The summed E-state index contributed by atoms with van der Waals surface area (Å²) < 4.78 is 0. The number of pyridine rings is 2. The van der Waals surface area contributed by atoms with Crippen LogP contribution in [0.5, 0.6) is 0 Å². The predicted octanol–water partition coefficient (Wildman–Crippen LogP) is 13.4. The second-order valence-electron chi connectivity index (χ2n) is 13.3. The van der Waals surface area contributed by atoms with Crippen molar-refractivity contribution >= 4 is 43.4 Å². The van der Waals surface area contributed by atoms with E-state index in [9.17, 15) is 0 Å². The quantitative estimate of drug-likeness (QED) is 0.136. The third kappa shape index (κ3) is 5.04. The average molecular weight is 661 g/mol. The molecule has 0 amide bonds. The Morgan fingerprint density at radius 3 is 1.58 bits per heavy atom. The highest BCUT2D eigenvalue weighted by Gasteiger charge is 2.19. The average Bonchev–Trinajstić information content (AvgIpc) is 3.23. The van der Waals surface area contributed by atoms with Crippen LogP contribution in [0.4, 0.5) is 0 Å². The Kier molecular flexibility index (Phi) is 7.18. The minimum atomic E-state index is 0.926. The summed E-state index contributed by atoms with van der Waals surface area (Å²) in [5.41, 5.74) is 13.6. The molecule has 10 rings (SSSR count). The molecule has 52 heavy (non-hydrogen) atoms. The zero-order chi connectivity index (χ0) is 34.4. The molecule has 0 aliphatic carbocycles. The molecule has 0 aliphatic rings. The summed E-state index contributed by atoms with van der Waals surface area (Å²) in [4.78, 5) is 9.88. The first kappa shape index (κ1) is 30.0. The van der Waals surface area contributed by atoms with Crippen molar-refractivity contribution in [2.75, 3.05) is 0 Å². The maximum Gasteiger partial charge on any atom is 0.0972 e. The third-order valence-electron chi connectivity index (χ3n) is 10.3. The van der Waals surface area contributed by atoms with Crippen molar-refractivity contribution in [3.8, 4) is 55.8 Å². The molecular weight excluding hydrogens is 629 g/mol. The summed E-state index contributed by atoms with van der Waals surface area (Å²) in [6.07, 6.45) is 1.84. The molecule has 0 fully saturated rings. The van der Waals surface area contributed by atoms with Crippen LogP contribution < -0.4 is 0 Å². The standard InChI is InChI=1S/C50H32N2/c1-2-12-33(13-3-1)34-23-25-35(26-24-34)40-17-4-5-18-41(40)48-44-21-8-6-19-42(44)47(43-20-7-9-22-45(43)48)39-15-10-14-38(32-39)46-30-29-37-28-27-36-16-11-31-51-49(36)50(37)52-46/h1-32H. The van der Waals surface area contributed by atoms with Crippen LogP contribution in [0.2, 0.25) is 0 Å². The number of rotatable bonds is 5. The maximum absolute atomic E-state index is 5.19. The molecule has 0 saturated carbocycles. The lowest BCUT2D eigenvalue weighted by Gasteiger charge is -2.20. The number of hydrogen-bond acceptors (Lipinski definition) is 2. The van der Waals surface area contributed by atoms with Gasteiger partial charge in [0.15, 0.2) is 0 Å². The molecular formula is C50H32N2. The summed E-state index contributed by atoms with van der Waals surface area (Å²) >= 11 is 0. The fourth-order valence-electron chi connectivity index (χ4n) is 7.87. The normalized spacial score (nSPS) is 11.5. The lowest BCUT2D eigenvalue weighted by Crippen LogP contribution is -1.93. The van der Waals surface area contributed by atoms with Gasteiger partial charge in [0, 0.05) is 22.5 Å². The van der Waals surface area contributed by atoms with Gasteiger partial charge in [-0.3, -0.25) is 4.98 Å². The monoisotopic (exact) mass is 660 g/mol. The van der Waals surface area contributed by atoms with E-state index in [1.807, 2.05) is 12.3 Å². The number of nitrogens with zero attached hydrogens (tertiary/aromatic N) is 2. The van der Waals surface area contributed by atoms with Crippen molar-refractivity contribution in [3.63, 3.8) is 0 Å². The number of benzene rings is 8. The largest absolute Gasteiger partial charge is 0.254 e. The summed E-state index contributed by atoms with van der Waals surface area (Å²) in [7, 11) is 0. The van der Waals surface area contributed by atoms with Gasteiger partial charge in [0.1, 0.15) is 0 Å².